The van der Waals surface area contributed by atoms with Crippen LogP contribution >= 0.6 is 0 Å². The zero-order valence-corrected chi connectivity index (χ0v) is 15.8. The van der Waals surface area contributed by atoms with Gasteiger partial charge in [0.2, 0.25) is 0 Å². The molecule has 5 nitrogen and oxygen atoms in total. The number of anilines is 1. The van der Waals surface area contributed by atoms with Gasteiger partial charge in [-0.1, -0.05) is 24.1 Å². The number of piperidine rings is 1. The first-order valence-corrected chi connectivity index (χ1v) is 10.1. The van der Waals surface area contributed by atoms with E-state index >= 15 is 0 Å². The molecular formula is C21H31N2O3+. The fourth-order valence-corrected chi connectivity index (χ4v) is 4.98. The van der Waals surface area contributed by atoms with Gasteiger partial charge in [-0.05, 0) is 31.9 Å². The molecule has 2 N–H and O–H groups in total. The number of aryl methyl sites for hydroxylation is 1. The Morgan fingerprint density at radius 2 is 1.58 bits per heavy atom. The number of likely N-dealkylation sites (tertiary alicyclic amines) is 1. The first kappa shape index (κ1) is 18.0. The molecule has 4 rings (SSSR count). The van der Waals surface area contributed by atoms with Gasteiger partial charge in [0.05, 0.1) is 39.1 Å². The average Bonchev–Trinajstić information content (AvgIpc) is 3.12. The zero-order valence-electron chi connectivity index (χ0n) is 15.8. The normalized spacial score (nSPS) is 25.3. The predicted molar refractivity (Wildman–Crippen MR) is 100 cm³/mol. The molecule has 2 heterocycles. The summed E-state index contributed by atoms with van der Waals surface area (Å²) in [4.78, 5) is 14.8. The summed E-state index contributed by atoms with van der Waals surface area (Å²) in [5.41, 5.74) is 1.81. The first-order chi connectivity index (χ1) is 12.6. The summed E-state index contributed by atoms with van der Waals surface area (Å²) in [6.45, 7) is 5.36. The summed E-state index contributed by atoms with van der Waals surface area (Å²) in [5, 5.41) is 3.22. The molecule has 5 heteroatoms. The molecule has 0 bridgehead atoms. The number of carbonyl (C=O) groups is 1. The Labute approximate surface area is 156 Å². The second-order valence-electron chi connectivity index (χ2n) is 8.17. The average molecular weight is 359 g/mol. The quantitative estimate of drug-likeness (QED) is 0.869. The van der Waals surface area contributed by atoms with Crippen molar-refractivity contribution >= 4 is 11.6 Å². The molecule has 1 spiro atoms. The SMILES string of the molecule is Cc1ccc(NC(=O)C2([NH+]3CCC4(CC3)OCCO4)CCCCC2)cc1. The van der Waals surface area contributed by atoms with Crippen molar-refractivity contribution in [2.24, 2.45) is 0 Å². The van der Waals surface area contributed by atoms with Crippen LogP contribution in [0.3, 0.4) is 0 Å². The van der Waals surface area contributed by atoms with Crippen LogP contribution in [0, 0.1) is 6.92 Å². The third-order valence-electron chi connectivity index (χ3n) is 6.56. The van der Waals surface area contributed by atoms with E-state index in [9.17, 15) is 4.79 Å². The lowest BCUT2D eigenvalue weighted by atomic mass is 9.78. The third-order valence-corrected chi connectivity index (χ3v) is 6.56. The van der Waals surface area contributed by atoms with E-state index in [1.165, 1.54) is 16.9 Å². The number of amides is 1. The van der Waals surface area contributed by atoms with E-state index in [1.807, 2.05) is 12.1 Å². The Morgan fingerprint density at radius 3 is 2.19 bits per heavy atom. The van der Waals surface area contributed by atoms with E-state index in [0.717, 1.165) is 57.3 Å². The van der Waals surface area contributed by atoms with Gasteiger partial charge < -0.3 is 19.7 Å². The predicted octanol–water partition coefficient (Wildman–Crippen LogP) is 2.06. The molecule has 0 unspecified atom stereocenters. The van der Waals surface area contributed by atoms with E-state index in [1.54, 1.807) is 0 Å². The molecule has 1 aromatic rings. The molecule has 3 fully saturated rings. The van der Waals surface area contributed by atoms with Gasteiger partial charge in [-0.3, -0.25) is 4.79 Å². The van der Waals surface area contributed by atoms with Crippen LogP contribution in [0.2, 0.25) is 0 Å². The summed E-state index contributed by atoms with van der Waals surface area (Å²) in [6, 6.07) is 8.11. The van der Waals surface area contributed by atoms with Crippen molar-refractivity contribution in [3.05, 3.63) is 29.8 Å². The lowest BCUT2D eigenvalue weighted by molar-refractivity contribution is -0.951. The molecule has 0 aromatic heterocycles. The summed E-state index contributed by atoms with van der Waals surface area (Å²) in [5.74, 6) is -0.174. The highest BCUT2D eigenvalue weighted by atomic mass is 16.7. The molecule has 26 heavy (non-hydrogen) atoms. The smallest absolute Gasteiger partial charge is 0.285 e. The van der Waals surface area contributed by atoms with Crippen molar-refractivity contribution in [2.75, 3.05) is 31.6 Å². The minimum absolute atomic E-state index is 0.195. The number of rotatable bonds is 3. The second-order valence-corrected chi connectivity index (χ2v) is 8.17. The lowest BCUT2D eigenvalue weighted by Gasteiger charge is -2.46. The maximum Gasteiger partial charge on any atom is 0.285 e. The molecule has 1 saturated carbocycles. The maximum absolute atomic E-state index is 13.4. The van der Waals surface area contributed by atoms with Crippen LogP contribution in [0.4, 0.5) is 5.69 Å². The summed E-state index contributed by atoms with van der Waals surface area (Å²) < 4.78 is 11.8. The lowest BCUT2D eigenvalue weighted by Crippen LogP contribution is -3.23. The van der Waals surface area contributed by atoms with E-state index in [0.29, 0.717) is 13.2 Å². The standard InChI is InChI=1S/C21H30N2O3/c1-17-5-7-18(8-6-17)22-19(24)20(9-3-2-4-10-20)23-13-11-21(12-14-23)25-15-16-26-21/h5-8H,2-4,9-16H2,1H3,(H,22,24)/p+1. The number of nitrogens with one attached hydrogen (secondary N) is 2. The zero-order chi connectivity index (χ0) is 18.0. The second kappa shape index (κ2) is 7.29. The summed E-state index contributed by atoms with van der Waals surface area (Å²) >= 11 is 0. The van der Waals surface area contributed by atoms with E-state index in [4.69, 9.17) is 9.47 Å². The Hall–Kier alpha value is -1.43. The molecule has 142 valence electrons. The van der Waals surface area contributed by atoms with Gasteiger partial charge in [0.15, 0.2) is 11.3 Å². The van der Waals surface area contributed by atoms with Crippen LogP contribution in [0.15, 0.2) is 24.3 Å². The van der Waals surface area contributed by atoms with Crippen LogP contribution in [0.5, 0.6) is 0 Å². The van der Waals surface area contributed by atoms with Crippen molar-refractivity contribution in [3.8, 4) is 0 Å². The molecule has 1 aliphatic carbocycles. The molecule has 2 saturated heterocycles. The van der Waals surface area contributed by atoms with Crippen molar-refractivity contribution < 1.29 is 19.2 Å². The topological polar surface area (TPSA) is 52.0 Å². The van der Waals surface area contributed by atoms with Gasteiger partial charge in [0.1, 0.15) is 0 Å². The third kappa shape index (κ3) is 3.40. The van der Waals surface area contributed by atoms with Crippen LogP contribution in [0.1, 0.15) is 50.5 Å². The molecule has 2 aliphatic heterocycles. The van der Waals surface area contributed by atoms with Gasteiger partial charge in [-0.25, -0.2) is 0 Å². The minimum atomic E-state index is -0.368. The Bertz CT molecular complexity index is 621. The highest BCUT2D eigenvalue weighted by Crippen LogP contribution is 2.31. The van der Waals surface area contributed by atoms with Crippen molar-refractivity contribution in [1.29, 1.82) is 0 Å². The van der Waals surface area contributed by atoms with Gasteiger partial charge >= 0.3 is 0 Å². The van der Waals surface area contributed by atoms with Gasteiger partial charge in [0.25, 0.3) is 5.91 Å². The molecule has 1 amide bonds. The van der Waals surface area contributed by atoms with Crippen molar-refractivity contribution in [1.82, 2.24) is 0 Å². The molecule has 3 aliphatic rings. The number of ether oxygens (including phenoxy) is 2. The van der Waals surface area contributed by atoms with Gasteiger partial charge in [-0.15, -0.1) is 0 Å². The monoisotopic (exact) mass is 359 g/mol. The van der Waals surface area contributed by atoms with Crippen LogP contribution in [0.25, 0.3) is 0 Å². The Morgan fingerprint density at radius 1 is 0.962 bits per heavy atom. The molecule has 1 aromatic carbocycles. The number of hydrogen-bond acceptors (Lipinski definition) is 3. The first-order valence-electron chi connectivity index (χ1n) is 10.1. The highest BCUT2D eigenvalue weighted by molar-refractivity contribution is 5.97. The van der Waals surface area contributed by atoms with E-state index in [-0.39, 0.29) is 17.2 Å². The van der Waals surface area contributed by atoms with E-state index in [2.05, 4.69) is 24.4 Å². The highest BCUT2D eigenvalue weighted by Gasteiger charge is 2.52. The number of carbonyl (C=O) groups excluding carboxylic acids is 1. The minimum Gasteiger partial charge on any atom is -0.347 e. The number of quaternary nitrogens is 1. The van der Waals surface area contributed by atoms with Crippen molar-refractivity contribution in [3.63, 3.8) is 0 Å². The number of benzene rings is 1. The maximum atomic E-state index is 13.4. The fourth-order valence-electron chi connectivity index (χ4n) is 4.98. The van der Waals surface area contributed by atoms with Crippen LogP contribution in [-0.2, 0) is 14.3 Å². The molecule has 0 atom stereocenters. The number of hydrogen-bond donors (Lipinski definition) is 2. The van der Waals surface area contributed by atoms with Crippen molar-refractivity contribution in [2.45, 2.75) is 63.2 Å². The summed E-state index contributed by atoms with van der Waals surface area (Å²) in [7, 11) is 0. The molecule has 0 radical (unpaired) electrons. The van der Waals surface area contributed by atoms with Crippen LogP contribution in [-0.4, -0.2) is 43.5 Å². The van der Waals surface area contributed by atoms with Gasteiger partial charge in [0, 0.05) is 18.5 Å². The largest absolute Gasteiger partial charge is 0.347 e. The Balaban J connectivity index is 1.49. The Kier molecular flexibility index (Phi) is 5.04. The van der Waals surface area contributed by atoms with Gasteiger partial charge in [-0.2, -0.15) is 0 Å². The molecular weight excluding hydrogens is 328 g/mol. The summed E-state index contributed by atoms with van der Waals surface area (Å²) in [6.07, 6.45) is 7.27. The van der Waals surface area contributed by atoms with Crippen LogP contribution < -0.4 is 10.2 Å². The van der Waals surface area contributed by atoms with E-state index < -0.39 is 0 Å². The fraction of sp³-hybridized carbons (Fsp3) is 0.667.